The zero-order valence-corrected chi connectivity index (χ0v) is 15.0. The van der Waals surface area contributed by atoms with Crippen LogP contribution in [0.1, 0.15) is 47.8 Å². The summed E-state index contributed by atoms with van der Waals surface area (Å²) in [5, 5.41) is 0. The molecule has 0 aromatic heterocycles. The zero-order valence-electron chi connectivity index (χ0n) is 15.0. The number of Topliss-reactive ketones (excluding diaryl/α,β-unsaturated/α-hetero) is 1. The van der Waals surface area contributed by atoms with Gasteiger partial charge in [0.2, 0.25) is 5.78 Å². The Bertz CT molecular complexity index is 790. The van der Waals surface area contributed by atoms with E-state index in [0.29, 0.717) is 11.3 Å². The molecule has 0 N–H and O–H groups in total. The summed E-state index contributed by atoms with van der Waals surface area (Å²) >= 11 is 0. The molecule has 0 bridgehead atoms. The van der Waals surface area contributed by atoms with Crippen LogP contribution in [0, 0.1) is 13.8 Å². The van der Waals surface area contributed by atoms with E-state index in [1.165, 1.54) is 5.56 Å². The molecular weight excluding hydrogens is 300 g/mol. The van der Waals surface area contributed by atoms with Crippen molar-refractivity contribution in [1.29, 1.82) is 0 Å². The lowest BCUT2D eigenvalue weighted by molar-refractivity contribution is 0.0801. The number of hydrogen-bond acceptors (Lipinski definition) is 3. The van der Waals surface area contributed by atoms with E-state index < -0.39 is 6.10 Å². The predicted molar refractivity (Wildman–Crippen MR) is 95.2 cm³/mol. The SMILES string of the molecule is Cc1ccc(C(=O)[C@@H](C)Oc2cccc3c2OC(C)(C)C3)cc1C. The van der Waals surface area contributed by atoms with Gasteiger partial charge in [0.05, 0.1) is 0 Å². The molecule has 0 fully saturated rings. The highest BCUT2D eigenvalue weighted by molar-refractivity contribution is 5.99. The van der Waals surface area contributed by atoms with Gasteiger partial charge in [0, 0.05) is 17.5 Å². The third-order valence-electron chi connectivity index (χ3n) is 4.52. The van der Waals surface area contributed by atoms with E-state index in [-0.39, 0.29) is 11.4 Å². The minimum absolute atomic E-state index is 0.0204. The Morgan fingerprint density at radius 3 is 2.62 bits per heavy atom. The smallest absolute Gasteiger partial charge is 0.203 e. The Labute approximate surface area is 143 Å². The Balaban J connectivity index is 1.81. The van der Waals surface area contributed by atoms with Crippen molar-refractivity contribution in [2.24, 2.45) is 0 Å². The third kappa shape index (κ3) is 3.16. The summed E-state index contributed by atoms with van der Waals surface area (Å²) in [5.74, 6) is 1.39. The number of fused-ring (bicyclic) bond motifs is 1. The van der Waals surface area contributed by atoms with Gasteiger partial charge in [-0.2, -0.15) is 0 Å². The molecule has 0 radical (unpaired) electrons. The van der Waals surface area contributed by atoms with Gasteiger partial charge in [-0.05, 0) is 57.9 Å². The number of carbonyl (C=O) groups excluding carboxylic acids is 1. The lowest BCUT2D eigenvalue weighted by Crippen LogP contribution is -2.26. The average molecular weight is 324 g/mol. The third-order valence-corrected chi connectivity index (χ3v) is 4.52. The normalized spacial score (nSPS) is 16.2. The molecule has 0 unspecified atom stereocenters. The van der Waals surface area contributed by atoms with Crippen LogP contribution in [0.3, 0.4) is 0 Å². The first-order valence-corrected chi connectivity index (χ1v) is 8.36. The molecule has 1 atom stereocenters. The second kappa shape index (κ2) is 5.97. The van der Waals surface area contributed by atoms with E-state index in [9.17, 15) is 4.79 Å². The molecule has 24 heavy (non-hydrogen) atoms. The zero-order chi connectivity index (χ0) is 17.5. The number of rotatable bonds is 4. The maximum absolute atomic E-state index is 12.7. The molecule has 3 rings (SSSR count). The average Bonchev–Trinajstić information content (AvgIpc) is 2.84. The first-order valence-electron chi connectivity index (χ1n) is 8.36. The summed E-state index contributed by atoms with van der Waals surface area (Å²) in [5.41, 5.74) is 3.86. The van der Waals surface area contributed by atoms with E-state index in [0.717, 1.165) is 23.3 Å². The van der Waals surface area contributed by atoms with Crippen LogP contribution in [-0.4, -0.2) is 17.5 Å². The van der Waals surface area contributed by atoms with Gasteiger partial charge >= 0.3 is 0 Å². The fourth-order valence-electron chi connectivity index (χ4n) is 3.05. The number of hydrogen-bond donors (Lipinski definition) is 0. The maximum atomic E-state index is 12.7. The number of carbonyl (C=O) groups is 1. The van der Waals surface area contributed by atoms with Crippen molar-refractivity contribution in [1.82, 2.24) is 0 Å². The number of aryl methyl sites for hydroxylation is 2. The fourth-order valence-corrected chi connectivity index (χ4v) is 3.05. The van der Waals surface area contributed by atoms with Crippen molar-refractivity contribution in [3.8, 4) is 11.5 Å². The molecule has 1 aliphatic heterocycles. The Kier molecular flexibility index (Phi) is 4.12. The summed E-state index contributed by atoms with van der Waals surface area (Å²) in [6, 6.07) is 11.6. The minimum atomic E-state index is -0.564. The molecule has 1 heterocycles. The Morgan fingerprint density at radius 1 is 1.17 bits per heavy atom. The topological polar surface area (TPSA) is 35.5 Å². The standard InChI is InChI=1S/C21H24O3/c1-13-9-10-16(11-14(13)2)19(22)15(3)23-18-8-6-7-17-12-21(4,5)24-20(17)18/h6-11,15H,12H2,1-5H3/t15-/m1/s1. The van der Waals surface area contributed by atoms with Crippen LogP contribution in [0.5, 0.6) is 11.5 Å². The molecule has 2 aromatic rings. The van der Waals surface area contributed by atoms with Gasteiger partial charge in [0.1, 0.15) is 5.60 Å². The van der Waals surface area contributed by atoms with Crippen molar-refractivity contribution in [3.63, 3.8) is 0 Å². The monoisotopic (exact) mass is 324 g/mol. The number of benzene rings is 2. The highest BCUT2D eigenvalue weighted by Gasteiger charge is 2.33. The summed E-state index contributed by atoms with van der Waals surface area (Å²) in [6.07, 6.45) is 0.282. The lowest BCUT2D eigenvalue weighted by Gasteiger charge is -2.20. The van der Waals surface area contributed by atoms with Crippen LogP contribution in [-0.2, 0) is 6.42 Å². The highest BCUT2D eigenvalue weighted by atomic mass is 16.5. The van der Waals surface area contributed by atoms with E-state index in [1.807, 2.05) is 50.2 Å². The number of ether oxygens (including phenoxy) is 2. The molecule has 0 saturated heterocycles. The van der Waals surface area contributed by atoms with Crippen LogP contribution in [0.2, 0.25) is 0 Å². The van der Waals surface area contributed by atoms with Gasteiger partial charge in [-0.1, -0.05) is 24.3 Å². The quantitative estimate of drug-likeness (QED) is 0.767. The summed E-state index contributed by atoms with van der Waals surface area (Å²) in [7, 11) is 0. The minimum Gasteiger partial charge on any atom is -0.483 e. The van der Waals surface area contributed by atoms with Gasteiger partial charge in [-0.15, -0.1) is 0 Å². The van der Waals surface area contributed by atoms with Gasteiger partial charge < -0.3 is 9.47 Å². The van der Waals surface area contributed by atoms with Gasteiger partial charge in [-0.25, -0.2) is 0 Å². The Morgan fingerprint density at radius 2 is 1.92 bits per heavy atom. The van der Waals surface area contributed by atoms with Gasteiger partial charge in [0.25, 0.3) is 0 Å². The van der Waals surface area contributed by atoms with Crippen LogP contribution < -0.4 is 9.47 Å². The van der Waals surface area contributed by atoms with E-state index in [2.05, 4.69) is 13.8 Å². The second-order valence-corrected chi connectivity index (χ2v) is 7.21. The molecular formula is C21H24O3. The highest BCUT2D eigenvalue weighted by Crippen LogP contribution is 2.42. The lowest BCUT2D eigenvalue weighted by atomic mass is 10.0. The Hall–Kier alpha value is -2.29. The van der Waals surface area contributed by atoms with Crippen molar-refractivity contribution >= 4 is 5.78 Å². The molecule has 3 nitrogen and oxygen atoms in total. The first-order chi connectivity index (χ1) is 11.3. The maximum Gasteiger partial charge on any atom is 0.203 e. The van der Waals surface area contributed by atoms with Crippen LogP contribution in [0.25, 0.3) is 0 Å². The van der Waals surface area contributed by atoms with E-state index in [1.54, 1.807) is 6.92 Å². The molecule has 2 aromatic carbocycles. The molecule has 3 heteroatoms. The largest absolute Gasteiger partial charge is 0.483 e. The molecule has 0 spiro atoms. The van der Waals surface area contributed by atoms with Crippen molar-refractivity contribution < 1.29 is 14.3 Å². The van der Waals surface area contributed by atoms with E-state index in [4.69, 9.17) is 9.47 Å². The van der Waals surface area contributed by atoms with Crippen LogP contribution in [0.15, 0.2) is 36.4 Å². The predicted octanol–water partition coefficient (Wildman–Crippen LogP) is 4.67. The van der Waals surface area contributed by atoms with Crippen molar-refractivity contribution in [3.05, 3.63) is 58.7 Å². The number of para-hydroxylation sites is 1. The summed E-state index contributed by atoms with van der Waals surface area (Å²) in [4.78, 5) is 12.7. The van der Waals surface area contributed by atoms with Gasteiger partial charge in [0.15, 0.2) is 17.6 Å². The van der Waals surface area contributed by atoms with Crippen molar-refractivity contribution in [2.45, 2.75) is 52.7 Å². The van der Waals surface area contributed by atoms with Crippen LogP contribution >= 0.6 is 0 Å². The molecule has 0 saturated carbocycles. The summed E-state index contributed by atoms with van der Waals surface area (Å²) < 4.78 is 12.0. The molecule has 126 valence electrons. The van der Waals surface area contributed by atoms with Gasteiger partial charge in [-0.3, -0.25) is 4.79 Å². The molecule has 0 amide bonds. The second-order valence-electron chi connectivity index (χ2n) is 7.21. The summed E-state index contributed by atoms with van der Waals surface area (Å²) in [6.45, 7) is 9.95. The molecule has 0 aliphatic carbocycles. The van der Waals surface area contributed by atoms with Crippen LogP contribution in [0.4, 0.5) is 0 Å². The van der Waals surface area contributed by atoms with Crippen molar-refractivity contribution in [2.75, 3.05) is 0 Å². The molecule has 1 aliphatic rings. The van der Waals surface area contributed by atoms with E-state index >= 15 is 0 Å². The number of ketones is 1. The fraction of sp³-hybridized carbons (Fsp3) is 0.381. The first kappa shape index (κ1) is 16.6.